The quantitative estimate of drug-likeness (QED) is 0.417. The molecule has 168 valence electrons. The first kappa shape index (κ1) is 21.6. The van der Waals surface area contributed by atoms with Crippen LogP contribution in [0.5, 0.6) is 0 Å². The summed E-state index contributed by atoms with van der Waals surface area (Å²) in [5.41, 5.74) is 1.55. The van der Waals surface area contributed by atoms with Crippen molar-refractivity contribution in [1.82, 2.24) is 25.0 Å². The number of anilines is 1. The molecule has 4 rings (SSSR count). The van der Waals surface area contributed by atoms with Crippen LogP contribution < -0.4 is 10.2 Å². The van der Waals surface area contributed by atoms with E-state index in [0.29, 0.717) is 12.0 Å². The van der Waals surface area contributed by atoms with Crippen LogP contribution >= 0.6 is 0 Å². The van der Waals surface area contributed by atoms with Crippen molar-refractivity contribution in [3.63, 3.8) is 0 Å². The highest BCUT2D eigenvalue weighted by atomic mass is 16.5. The van der Waals surface area contributed by atoms with Crippen molar-refractivity contribution in [1.29, 1.82) is 0 Å². The number of ether oxygens (including phenoxy) is 1. The summed E-state index contributed by atoms with van der Waals surface area (Å²) in [5.74, 6) is 2.78. The lowest BCUT2D eigenvalue weighted by Gasteiger charge is -2.26. The summed E-state index contributed by atoms with van der Waals surface area (Å²) in [7, 11) is 4.14. The van der Waals surface area contributed by atoms with Crippen LogP contribution in [0.25, 0.3) is 0 Å². The lowest BCUT2D eigenvalue weighted by molar-refractivity contribution is 0.156. The van der Waals surface area contributed by atoms with Crippen LogP contribution in [0.3, 0.4) is 0 Å². The highest BCUT2D eigenvalue weighted by Crippen LogP contribution is 2.38. The number of aromatic nitrogens is 3. The number of benzene rings is 1. The van der Waals surface area contributed by atoms with Crippen LogP contribution in [0, 0.1) is 12.3 Å². The molecule has 8 heteroatoms. The Hall–Kier alpha value is -2.61. The molecule has 0 amide bonds. The smallest absolute Gasteiger partial charge is 0.194 e. The fourth-order valence-electron chi connectivity index (χ4n) is 4.42. The molecular formula is C23H35N7O. The van der Waals surface area contributed by atoms with E-state index in [2.05, 4.69) is 62.7 Å². The number of para-hydroxylation sites is 1. The summed E-state index contributed by atoms with van der Waals surface area (Å²) in [6.07, 6.45) is 3.37. The van der Waals surface area contributed by atoms with Crippen molar-refractivity contribution in [3.05, 3.63) is 42.0 Å². The van der Waals surface area contributed by atoms with E-state index in [4.69, 9.17) is 9.73 Å². The third-order valence-corrected chi connectivity index (χ3v) is 6.63. The molecule has 0 aliphatic carbocycles. The van der Waals surface area contributed by atoms with Gasteiger partial charge in [0.1, 0.15) is 12.4 Å². The summed E-state index contributed by atoms with van der Waals surface area (Å²) in [5, 5.41) is 12.1. The summed E-state index contributed by atoms with van der Waals surface area (Å²) < 4.78 is 7.72. The molecule has 1 unspecified atom stereocenters. The highest BCUT2D eigenvalue weighted by Gasteiger charge is 2.42. The maximum Gasteiger partial charge on any atom is 0.194 e. The third-order valence-electron chi connectivity index (χ3n) is 6.63. The minimum absolute atomic E-state index is 0.303. The second-order valence-corrected chi connectivity index (χ2v) is 8.87. The van der Waals surface area contributed by atoms with Crippen LogP contribution in [-0.4, -0.2) is 72.1 Å². The van der Waals surface area contributed by atoms with E-state index in [0.717, 1.165) is 69.8 Å². The zero-order chi connectivity index (χ0) is 21.7. The van der Waals surface area contributed by atoms with Crippen LogP contribution in [-0.2, 0) is 18.3 Å². The van der Waals surface area contributed by atoms with Gasteiger partial charge < -0.3 is 24.4 Å². The summed E-state index contributed by atoms with van der Waals surface area (Å²) in [6, 6.07) is 10.5. The van der Waals surface area contributed by atoms with Gasteiger partial charge in [0.25, 0.3) is 0 Å². The van der Waals surface area contributed by atoms with E-state index in [1.54, 1.807) is 0 Å². The van der Waals surface area contributed by atoms with Gasteiger partial charge in [0.15, 0.2) is 11.8 Å². The average molecular weight is 426 g/mol. The minimum Gasteiger partial charge on any atom is -0.381 e. The van der Waals surface area contributed by atoms with Crippen molar-refractivity contribution in [3.8, 4) is 0 Å². The number of aliphatic imine (C=N–C) groups is 1. The standard InChI is InChI=1S/C23H35N7O/c1-19-26-27-21(29(19)3)16-25-22(30-14-10-23(17-30)11-15-31-18-23)24-12-7-13-28(2)20-8-5-4-6-9-20/h4-6,8-9H,7,10-18H2,1-3H3,(H,24,25). The number of hydrogen-bond donors (Lipinski definition) is 1. The molecule has 3 heterocycles. The molecule has 2 saturated heterocycles. The van der Waals surface area contributed by atoms with Gasteiger partial charge in [-0.15, -0.1) is 10.2 Å². The van der Waals surface area contributed by atoms with Crippen LogP contribution in [0.1, 0.15) is 30.9 Å². The van der Waals surface area contributed by atoms with Gasteiger partial charge in [0, 0.05) is 58.0 Å². The van der Waals surface area contributed by atoms with Crippen molar-refractivity contribution in [2.45, 2.75) is 32.7 Å². The van der Waals surface area contributed by atoms with Crippen LogP contribution in [0.4, 0.5) is 5.69 Å². The third kappa shape index (κ3) is 5.18. The Labute approximate surface area is 185 Å². The molecule has 2 aliphatic rings. The van der Waals surface area contributed by atoms with Crippen molar-refractivity contribution >= 4 is 11.6 Å². The van der Waals surface area contributed by atoms with Gasteiger partial charge in [-0.1, -0.05) is 18.2 Å². The normalized spacial score (nSPS) is 21.3. The number of likely N-dealkylation sites (tertiary alicyclic amines) is 1. The Kier molecular flexibility index (Phi) is 6.75. The van der Waals surface area contributed by atoms with Crippen molar-refractivity contribution in [2.75, 3.05) is 51.3 Å². The van der Waals surface area contributed by atoms with E-state index in [1.165, 1.54) is 12.1 Å². The minimum atomic E-state index is 0.303. The second-order valence-electron chi connectivity index (χ2n) is 8.87. The molecule has 2 fully saturated rings. The van der Waals surface area contributed by atoms with E-state index in [1.807, 2.05) is 18.5 Å². The van der Waals surface area contributed by atoms with Gasteiger partial charge in [-0.3, -0.25) is 0 Å². The Bertz CT molecular complexity index is 873. The molecule has 2 aromatic rings. The first-order valence-corrected chi connectivity index (χ1v) is 11.3. The van der Waals surface area contributed by atoms with Crippen LogP contribution in [0.15, 0.2) is 35.3 Å². The largest absolute Gasteiger partial charge is 0.381 e. The van der Waals surface area contributed by atoms with Gasteiger partial charge in [0.2, 0.25) is 0 Å². The van der Waals surface area contributed by atoms with E-state index in [-0.39, 0.29) is 0 Å². The number of nitrogens with zero attached hydrogens (tertiary/aromatic N) is 6. The first-order chi connectivity index (χ1) is 15.1. The summed E-state index contributed by atoms with van der Waals surface area (Å²) >= 11 is 0. The molecule has 1 N–H and O–H groups in total. The number of nitrogens with one attached hydrogen (secondary N) is 1. The maximum atomic E-state index is 5.71. The molecule has 1 spiro atoms. The molecular weight excluding hydrogens is 390 g/mol. The zero-order valence-electron chi connectivity index (χ0n) is 19.0. The Morgan fingerprint density at radius 2 is 2.10 bits per heavy atom. The van der Waals surface area contributed by atoms with Crippen molar-refractivity contribution < 1.29 is 4.74 Å². The fraction of sp³-hybridized carbons (Fsp3) is 0.609. The summed E-state index contributed by atoms with van der Waals surface area (Å²) in [4.78, 5) is 9.63. The lowest BCUT2D eigenvalue weighted by Crippen LogP contribution is -2.42. The molecule has 0 saturated carbocycles. The van der Waals surface area contributed by atoms with E-state index >= 15 is 0 Å². The van der Waals surface area contributed by atoms with Gasteiger partial charge in [-0.05, 0) is 38.3 Å². The second kappa shape index (κ2) is 9.68. The number of rotatable bonds is 7. The zero-order valence-corrected chi connectivity index (χ0v) is 19.0. The first-order valence-electron chi connectivity index (χ1n) is 11.3. The predicted molar refractivity (Wildman–Crippen MR) is 123 cm³/mol. The van der Waals surface area contributed by atoms with Gasteiger partial charge in [0.05, 0.1) is 6.61 Å². The van der Waals surface area contributed by atoms with Crippen molar-refractivity contribution in [2.24, 2.45) is 17.5 Å². The average Bonchev–Trinajstić information content (AvgIpc) is 3.51. The molecule has 8 nitrogen and oxygen atoms in total. The Morgan fingerprint density at radius 3 is 2.81 bits per heavy atom. The van der Waals surface area contributed by atoms with Gasteiger partial charge in [-0.2, -0.15) is 0 Å². The molecule has 31 heavy (non-hydrogen) atoms. The lowest BCUT2D eigenvalue weighted by atomic mass is 9.87. The fourth-order valence-corrected chi connectivity index (χ4v) is 4.42. The Morgan fingerprint density at radius 1 is 1.26 bits per heavy atom. The van der Waals surface area contributed by atoms with Gasteiger partial charge in [-0.25, -0.2) is 4.99 Å². The predicted octanol–water partition coefficient (Wildman–Crippen LogP) is 2.21. The highest BCUT2D eigenvalue weighted by molar-refractivity contribution is 5.80. The number of aryl methyl sites for hydroxylation is 1. The molecule has 0 radical (unpaired) electrons. The van der Waals surface area contributed by atoms with Gasteiger partial charge >= 0.3 is 0 Å². The van der Waals surface area contributed by atoms with E-state index < -0.39 is 0 Å². The van der Waals surface area contributed by atoms with E-state index in [9.17, 15) is 0 Å². The molecule has 1 aromatic carbocycles. The molecule has 1 aromatic heterocycles. The maximum absolute atomic E-state index is 5.71. The number of guanidine groups is 1. The SMILES string of the molecule is Cc1nnc(CN=C(NCCCN(C)c2ccccc2)N2CCC3(CCOC3)C2)n1C. The molecule has 1 atom stereocenters. The number of hydrogen-bond acceptors (Lipinski definition) is 5. The Balaban J connectivity index is 1.36. The molecule has 2 aliphatic heterocycles. The topological polar surface area (TPSA) is 70.8 Å². The monoisotopic (exact) mass is 425 g/mol. The van der Waals surface area contributed by atoms with Crippen LogP contribution in [0.2, 0.25) is 0 Å². The molecule has 0 bridgehead atoms. The summed E-state index contributed by atoms with van der Waals surface area (Å²) in [6.45, 7) is 8.17.